The van der Waals surface area contributed by atoms with Gasteiger partial charge in [-0.3, -0.25) is 0 Å². The summed E-state index contributed by atoms with van der Waals surface area (Å²) in [7, 11) is 0. The molecule has 0 unspecified atom stereocenters. The monoisotopic (exact) mass is 327 g/mol. The van der Waals surface area contributed by atoms with Gasteiger partial charge >= 0.3 is 33.2 Å². The molecular weight excluding hydrogens is 327 g/mol. The van der Waals surface area contributed by atoms with Crippen LogP contribution in [0.3, 0.4) is 0 Å². The molecule has 0 aromatic carbocycles. The molecule has 0 aliphatic carbocycles. The van der Waals surface area contributed by atoms with Crippen LogP contribution in [0.15, 0.2) is 0 Å². The molecule has 0 aliphatic rings. The summed E-state index contributed by atoms with van der Waals surface area (Å²) in [6.45, 7) is 28.5. The SMILES string of the molecule is [C-]#N.[C-]#N.[C-]#N.[C-]#N.[C-]#N.[C-]#N.[Fe]=[In]. The van der Waals surface area contributed by atoms with Gasteiger partial charge in [-0.25, -0.2) is 0 Å². The molecule has 0 rings (SSSR count). The molecule has 8 heteroatoms. The molecule has 0 amide bonds. The third kappa shape index (κ3) is 322. The van der Waals surface area contributed by atoms with Crippen LogP contribution in [0.5, 0.6) is 0 Å². The third-order valence-electron chi connectivity index (χ3n) is 0. The third-order valence-corrected chi connectivity index (χ3v) is 0. The average molecular weight is 327 g/mol. The van der Waals surface area contributed by atoms with E-state index in [0.29, 0.717) is 0 Å². The summed E-state index contributed by atoms with van der Waals surface area (Å²) in [6.07, 6.45) is 0. The number of rotatable bonds is 0. The summed E-state index contributed by atoms with van der Waals surface area (Å²) >= 11 is 4.48. The van der Waals surface area contributed by atoms with Crippen LogP contribution in [0.1, 0.15) is 0 Å². The van der Waals surface area contributed by atoms with Gasteiger partial charge in [0.05, 0.1) is 0 Å². The van der Waals surface area contributed by atoms with Crippen molar-refractivity contribution in [3.63, 3.8) is 0 Å². The second kappa shape index (κ2) is 433. The molecule has 1 radical (unpaired) electrons. The Bertz CT molecular complexity index is 109. The first-order valence-electron chi connectivity index (χ1n) is 1.55. The van der Waals surface area contributed by atoms with E-state index in [2.05, 4.69) is 11.8 Å². The van der Waals surface area contributed by atoms with Gasteiger partial charge < -0.3 is 71.0 Å². The summed E-state index contributed by atoms with van der Waals surface area (Å²) < 4.78 is 0. The fraction of sp³-hybridized carbons (Fsp3) is 0. The van der Waals surface area contributed by atoms with Crippen LogP contribution in [0.2, 0.25) is 0 Å². The molecule has 6 nitrogen and oxygen atoms in total. The zero-order valence-corrected chi connectivity index (χ0v) is 11.0. The Morgan fingerprint density at radius 2 is 0.429 bits per heavy atom. The van der Waals surface area contributed by atoms with Gasteiger partial charge in [0.25, 0.3) is 0 Å². The van der Waals surface area contributed by atoms with Crippen molar-refractivity contribution in [1.82, 2.24) is 0 Å². The molecule has 0 fully saturated rings. The summed E-state index contributed by atoms with van der Waals surface area (Å²) in [5, 5.41) is 37.5. The van der Waals surface area contributed by atoms with E-state index in [0.717, 1.165) is 21.4 Å². The van der Waals surface area contributed by atoms with E-state index in [1.807, 2.05) is 0 Å². The van der Waals surface area contributed by atoms with Gasteiger partial charge in [-0.15, -0.1) is 0 Å². The van der Waals surface area contributed by atoms with E-state index in [-0.39, 0.29) is 0 Å². The molecule has 0 aliphatic heterocycles. The van der Waals surface area contributed by atoms with Crippen molar-refractivity contribution in [3.05, 3.63) is 39.4 Å². The molecule has 0 bridgehead atoms. The second-order valence-electron chi connectivity index (χ2n) is 0. The van der Waals surface area contributed by atoms with E-state index < -0.39 is 0 Å². The van der Waals surface area contributed by atoms with Crippen LogP contribution in [0, 0.1) is 71.0 Å². The van der Waals surface area contributed by atoms with Gasteiger partial charge in [-0.05, 0) is 0 Å². The Labute approximate surface area is 104 Å². The van der Waals surface area contributed by atoms with Crippen LogP contribution in [-0.4, -0.2) is 21.4 Å². The predicted octanol–water partition coefficient (Wildman–Crippen LogP) is 0.195. The Hall–Kier alpha value is -1.67. The first kappa shape index (κ1) is 55.7. The van der Waals surface area contributed by atoms with Crippen LogP contribution >= 0.6 is 0 Å². The van der Waals surface area contributed by atoms with Crippen LogP contribution in [0.25, 0.3) is 0 Å². The molecule has 0 saturated heterocycles. The first-order valence-corrected chi connectivity index (χ1v) is 6.99. The Balaban J connectivity index is -0.00000000817. The van der Waals surface area contributed by atoms with Gasteiger partial charge in [0.15, 0.2) is 0 Å². The van der Waals surface area contributed by atoms with Crippen molar-refractivity contribution < 1.29 is 11.8 Å². The molecule has 0 spiro atoms. The summed E-state index contributed by atoms with van der Waals surface area (Å²) in [5.74, 6) is 0. The molecule has 0 aromatic rings. The van der Waals surface area contributed by atoms with E-state index >= 15 is 0 Å². The number of hydrogen-bond acceptors (Lipinski definition) is 6. The molecule has 0 heterocycles. The van der Waals surface area contributed by atoms with Crippen molar-refractivity contribution in [2.75, 3.05) is 0 Å². The second-order valence-corrected chi connectivity index (χ2v) is 0. The predicted molar refractivity (Wildman–Crippen MR) is 35.6 cm³/mol. The normalized spacial score (nSPS) is 1.14. The maximum atomic E-state index is 6.25. The van der Waals surface area contributed by atoms with Crippen molar-refractivity contribution >= 4 is 21.4 Å². The van der Waals surface area contributed by atoms with E-state index in [9.17, 15) is 0 Å². The fourth-order valence-electron chi connectivity index (χ4n) is 0. The zero-order chi connectivity index (χ0) is 14.0. The van der Waals surface area contributed by atoms with Gasteiger partial charge in [-0.2, -0.15) is 0 Å². The van der Waals surface area contributed by atoms with Gasteiger partial charge in [0.1, 0.15) is 0 Å². The Kier molecular flexibility index (Phi) is 1720. The topological polar surface area (TPSA) is 143 Å². The maximum absolute atomic E-state index is 6.25. The van der Waals surface area contributed by atoms with Gasteiger partial charge in [-0.1, -0.05) is 0 Å². The van der Waals surface area contributed by atoms with Crippen LogP contribution in [0.4, 0.5) is 0 Å². The minimum absolute atomic E-state index is 1.10. The number of hydrogen-bond donors (Lipinski definition) is 0. The molecule has 71 valence electrons. The van der Waals surface area contributed by atoms with Gasteiger partial charge in [0, 0.05) is 0 Å². The molecule has 0 saturated carbocycles. The van der Waals surface area contributed by atoms with E-state index in [4.69, 9.17) is 71.0 Å². The Morgan fingerprint density at radius 1 is 0.429 bits per heavy atom. The molecule has 0 atom stereocenters. The van der Waals surface area contributed by atoms with Crippen molar-refractivity contribution in [2.24, 2.45) is 0 Å². The van der Waals surface area contributed by atoms with Crippen molar-refractivity contribution in [3.8, 4) is 0 Å². The van der Waals surface area contributed by atoms with Gasteiger partial charge in [0.2, 0.25) is 0 Å². The average Bonchev–Trinajstić information content (AvgIpc) is 2.45. The minimum atomic E-state index is 1.10. The van der Waals surface area contributed by atoms with E-state index in [1.54, 1.807) is 0 Å². The van der Waals surface area contributed by atoms with Crippen molar-refractivity contribution in [1.29, 1.82) is 31.6 Å². The fourth-order valence-corrected chi connectivity index (χ4v) is 0. The standard InChI is InChI=1S/6CN.Fe.In/c6*1-2;;/q6*-1;;. The zero-order valence-electron chi connectivity index (χ0n) is 6.61. The van der Waals surface area contributed by atoms with Crippen molar-refractivity contribution in [2.45, 2.75) is 0 Å². The van der Waals surface area contributed by atoms with Crippen LogP contribution in [-0.2, 0) is 11.8 Å². The summed E-state index contributed by atoms with van der Waals surface area (Å²) in [6, 6.07) is 0. The van der Waals surface area contributed by atoms with Crippen LogP contribution < -0.4 is 0 Å². The quantitative estimate of drug-likeness (QED) is 0.459. The summed E-state index contributed by atoms with van der Waals surface area (Å²) in [5.41, 5.74) is 0. The number of nitrogens with zero attached hydrogens (tertiary/aromatic N) is 6. The molecule has 0 aromatic heterocycles. The van der Waals surface area contributed by atoms with E-state index in [1.165, 1.54) is 0 Å². The summed E-state index contributed by atoms with van der Waals surface area (Å²) in [4.78, 5) is 0. The Morgan fingerprint density at radius 3 is 0.429 bits per heavy atom. The molecular formula is C6FeInN6-6. The molecule has 14 heavy (non-hydrogen) atoms. The first-order chi connectivity index (χ1) is 7.00. The molecule has 0 N–H and O–H groups in total.